The summed E-state index contributed by atoms with van der Waals surface area (Å²) >= 11 is 0. The van der Waals surface area contributed by atoms with E-state index in [-0.39, 0.29) is 17.9 Å². The van der Waals surface area contributed by atoms with Gasteiger partial charge in [0.1, 0.15) is 0 Å². The Balaban J connectivity index is 1.84. The summed E-state index contributed by atoms with van der Waals surface area (Å²) in [5, 5.41) is 5.77. The topological polar surface area (TPSA) is 70.7 Å². The van der Waals surface area contributed by atoms with Gasteiger partial charge in [-0.05, 0) is 37.6 Å². The number of nitrogens with one attached hydrogen (secondary N) is 2. The fraction of sp³-hybridized carbons (Fsp3) is 0.529. The number of ether oxygens (including phenoxy) is 1. The van der Waals surface area contributed by atoms with Gasteiger partial charge in [0.15, 0.2) is 0 Å². The van der Waals surface area contributed by atoms with Gasteiger partial charge in [0.2, 0.25) is 5.91 Å². The molecule has 2 N–H and O–H groups in total. The maximum Gasteiger partial charge on any atom is 0.251 e. The zero-order valence-electron chi connectivity index (χ0n) is 13.8. The lowest BCUT2D eigenvalue weighted by Crippen LogP contribution is -2.41. The molecule has 0 aromatic heterocycles. The number of hydrogen-bond donors (Lipinski definition) is 2. The average Bonchev–Trinajstić information content (AvgIpc) is 2.56. The Morgan fingerprint density at radius 1 is 1.22 bits per heavy atom. The van der Waals surface area contributed by atoms with Crippen molar-refractivity contribution in [1.82, 2.24) is 10.2 Å². The van der Waals surface area contributed by atoms with Crippen LogP contribution in [0.15, 0.2) is 24.3 Å². The van der Waals surface area contributed by atoms with E-state index in [1.807, 2.05) is 13.8 Å². The van der Waals surface area contributed by atoms with E-state index >= 15 is 0 Å². The average molecular weight is 319 g/mol. The first-order valence-electron chi connectivity index (χ1n) is 8.09. The molecule has 126 valence electrons. The summed E-state index contributed by atoms with van der Waals surface area (Å²) in [5.41, 5.74) is 1.29. The van der Waals surface area contributed by atoms with Crippen molar-refractivity contribution >= 4 is 17.5 Å². The summed E-state index contributed by atoms with van der Waals surface area (Å²) in [4.78, 5) is 26.1. The number of amides is 2. The number of anilines is 1. The summed E-state index contributed by atoms with van der Waals surface area (Å²) < 4.78 is 5.26. The Morgan fingerprint density at radius 3 is 2.48 bits per heavy atom. The highest BCUT2D eigenvalue weighted by Gasteiger charge is 2.14. The summed E-state index contributed by atoms with van der Waals surface area (Å²) in [6, 6.07) is 7.10. The molecule has 1 aliphatic heterocycles. The van der Waals surface area contributed by atoms with Crippen LogP contribution in [0.25, 0.3) is 0 Å². The number of benzene rings is 1. The Kier molecular flexibility index (Phi) is 6.55. The van der Waals surface area contributed by atoms with E-state index in [0.717, 1.165) is 19.5 Å². The van der Waals surface area contributed by atoms with Gasteiger partial charge in [-0.25, -0.2) is 0 Å². The highest BCUT2D eigenvalue weighted by Crippen LogP contribution is 2.10. The number of hydrogen-bond acceptors (Lipinski definition) is 4. The first-order valence-corrected chi connectivity index (χ1v) is 8.09. The molecule has 0 saturated carbocycles. The largest absolute Gasteiger partial charge is 0.379 e. The number of rotatable bonds is 6. The molecule has 0 spiro atoms. The van der Waals surface area contributed by atoms with Gasteiger partial charge in [0, 0.05) is 30.4 Å². The fourth-order valence-electron chi connectivity index (χ4n) is 2.28. The van der Waals surface area contributed by atoms with Crippen LogP contribution in [0.5, 0.6) is 0 Å². The van der Waals surface area contributed by atoms with Crippen molar-refractivity contribution in [1.29, 1.82) is 0 Å². The predicted molar refractivity (Wildman–Crippen MR) is 89.5 cm³/mol. The third-order valence-corrected chi connectivity index (χ3v) is 3.89. The maximum atomic E-state index is 12.0. The first-order chi connectivity index (χ1) is 11.1. The van der Waals surface area contributed by atoms with Crippen molar-refractivity contribution in [3.05, 3.63) is 29.8 Å². The molecule has 0 aliphatic carbocycles. The summed E-state index contributed by atoms with van der Waals surface area (Å²) in [5.74, 6) is -0.144. The molecule has 1 heterocycles. The van der Waals surface area contributed by atoms with Crippen LogP contribution in [0.1, 0.15) is 30.6 Å². The molecule has 1 aromatic rings. The molecular weight excluding hydrogens is 294 g/mol. The molecule has 2 amide bonds. The molecule has 2 rings (SSSR count). The quantitative estimate of drug-likeness (QED) is 0.833. The van der Waals surface area contributed by atoms with Crippen LogP contribution >= 0.6 is 0 Å². The van der Waals surface area contributed by atoms with Gasteiger partial charge in [-0.3, -0.25) is 14.5 Å². The standard InChI is InChI=1S/C17H25N3O3/c1-3-13(2)18-17(22)14-4-6-15(7-5-14)19-16(21)12-20-8-10-23-11-9-20/h4-7,13H,3,8-12H2,1-2H3,(H,18,22)(H,19,21). The predicted octanol–water partition coefficient (Wildman–Crippen LogP) is 1.49. The monoisotopic (exact) mass is 319 g/mol. The van der Waals surface area contributed by atoms with Crippen LogP contribution < -0.4 is 10.6 Å². The van der Waals surface area contributed by atoms with E-state index in [9.17, 15) is 9.59 Å². The third-order valence-electron chi connectivity index (χ3n) is 3.89. The van der Waals surface area contributed by atoms with Crippen molar-refractivity contribution in [2.75, 3.05) is 38.2 Å². The third kappa shape index (κ3) is 5.65. The lowest BCUT2D eigenvalue weighted by atomic mass is 10.1. The molecule has 1 fully saturated rings. The van der Waals surface area contributed by atoms with Gasteiger partial charge in [-0.15, -0.1) is 0 Å². The van der Waals surface area contributed by atoms with Crippen molar-refractivity contribution in [3.63, 3.8) is 0 Å². The number of carbonyl (C=O) groups is 2. The Morgan fingerprint density at radius 2 is 1.87 bits per heavy atom. The van der Waals surface area contributed by atoms with Gasteiger partial charge in [-0.1, -0.05) is 6.92 Å². The maximum absolute atomic E-state index is 12.0. The molecule has 0 radical (unpaired) electrons. The minimum Gasteiger partial charge on any atom is -0.379 e. The van der Waals surface area contributed by atoms with Crippen molar-refractivity contribution in [2.24, 2.45) is 0 Å². The molecule has 6 nitrogen and oxygen atoms in total. The van der Waals surface area contributed by atoms with Gasteiger partial charge < -0.3 is 15.4 Å². The molecule has 6 heteroatoms. The summed E-state index contributed by atoms with van der Waals surface area (Å²) in [7, 11) is 0. The summed E-state index contributed by atoms with van der Waals surface area (Å²) in [6.07, 6.45) is 0.890. The highest BCUT2D eigenvalue weighted by molar-refractivity contribution is 5.96. The van der Waals surface area contributed by atoms with Crippen LogP contribution in [-0.4, -0.2) is 55.6 Å². The van der Waals surface area contributed by atoms with Gasteiger partial charge in [0.05, 0.1) is 19.8 Å². The SMILES string of the molecule is CCC(C)NC(=O)c1ccc(NC(=O)CN2CCOCC2)cc1. The molecule has 1 aromatic carbocycles. The second kappa shape index (κ2) is 8.64. The van der Waals surface area contributed by atoms with Crippen molar-refractivity contribution in [3.8, 4) is 0 Å². The zero-order valence-corrected chi connectivity index (χ0v) is 13.8. The molecule has 0 bridgehead atoms. The summed E-state index contributed by atoms with van der Waals surface area (Å²) in [6.45, 7) is 7.26. The Bertz CT molecular complexity index is 524. The number of morpholine rings is 1. The van der Waals surface area contributed by atoms with Gasteiger partial charge in [-0.2, -0.15) is 0 Å². The van der Waals surface area contributed by atoms with Crippen molar-refractivity contribution < 1.29 is 14.3 Å². The van der Waals surface area contributed by atoms with Crippen molar-refractivity contribution in [2.45, 2.75) is 26.3 Å². The second-order valence-corrected chi connectivity index (χ2v) is 5.80. The van der Waals surface area contributed by atoms with Crippen LogP contribution in [-0.2, 0) is 9.53 Å². The fourth-order valence-corrected chi connectivity index (χ4v) is 2.28. The van der Waals surface area contributed by atoms with Crippen LogP contribution in [0.3, 0.4) is 0 Å². The lowest BCUT2D eigenvalue weighted by Gasteiger charge is -2.25. The minimum atomic E-state index is -0.0921. The van der Waals surface area contributed by atoms with Crippen LogP contribution in [0.4, 0.5) is 5.69 Å². The van der Waals surface area contributed by atoms with Gasteiger partial charge in [0.25, 0.3) is 5.91 Å². The number of carbonyl (C=O) groups excluding carboxylic acids is 2. The first kappa shape index (κ1) is 17.4. The Hall–Kier alpha value is -1.92. The van der Waals surface area contributed by atoms with Crippen LogP contribution in [0, 0.1) is 0 Å². The highest BCUT2D eigenvalue weighted by atomic mass is 16.5. The van der Waals surface area contributed by atoms with E-state index in [1.165, 1.54) is 0 Å². The van der Waals surface area contributed by atoms with E-state index in [1.54, 1.807) is 24.3 Å². The van der Waals surface area contributed by atoms with E-state index in [0.29, 0.717) is 31.0 Å². The second-order valence-electron chi connectivity index (χ2n) is 5.80. The number of nitrogens with zero attached hydrogens (tertiary/aromatic N) is 1. The van der Waals surface area contributed by atoms with E-state index < -0.39 is 0 Å². The molecule has 23 heavy (non-hydrogen) atoms. The van der Waals surface area contributed by atoms with Gasteiger partial charge >= 0.3 is 0 Å². The molecule has 1 atom stereocenters. The lowest BCUT2D eigenvalue weighted by molar-refractivity contribution is -0.118. The van der Waals surface area contributed by atoms with E-state index in [4.69, 9.17) is 4.74 Å². The molecular formula is C17H25N3O3. The normalized spacial score (nSPS) is 16.6. The molecule has 1 saturated heterocycles. The van der Waals surface area contributed by atoms with Crippen LogP contribution in [0.2, 0.25) is 0 Å². The van der Waals surface area contributed by atoms with E-state index in [2.05, 4.69) is 15.5 Å². The Labute approximate surface area is 137 Å². The zero-order chi connectivity index (χ0) is 16.7. The molecule has 1 aliphatic rings. The minimum absolute atomic E-state index is 0.0521. The molecule has 1 unspecified atom stereocenters. The smallest absolute Gasteiger partial charge is 0.251 e.